The molecule has 1 saturated heterocycles. The molecule has 144 valence electrons. The van der Waals surface area contributed by atoms with Gasteiger partial charge in [-0.2, -0.15) is 0 Å². The second-order valence-corrected chi connectivity index (χ2v) is 7.45. The summed E-state index contributed by atoms with van der Waals surface area (Å²) in [6, 6.07) is 13.6. The number of nitrogens with zero attached hydrogens (tertiary/aromatic N) is 1. The predicted molar refractivity (Wildman–Crippen MR) is 112 cm³/mol. The summed E-state index contributed by atoms with van der Waals surface area (Å²) in [5.74, 6) is 1.03. The molecule has 0 unspecified atom stereocenters. The van der Waals surface area contributed by atoms with Gasteiger partial charge in [-0.1, -0.05) is 43.6 Å². The van der Waals surface area contributed by atoms with E-state index in [4.69, 9.17) is 16.3 Å². The Morgan fingerprint density at radius 3 is 2.56 bits per heavy atom. The molecule has 1 N–H and O–H groups in total. The highest BCUT2D eigenvalue weighted by molar-refractivity contribution is 6.34. The number of ether oxygens (including phenoxy) is 1. The highest BCUT2D eigenvalue weighted by Crippen LogP contribution is 2.35. The SMILES string of the molecule is CC[C@H](C)c1ccc(OCC(=O)Nc2cccc(Cl)c2N2CCCC2)cc1. The zero-order chi connectivity index (χ0) is 19.2. The van der Waals surface area contributed by atoms with Crippen LogP contribution in [0.15, 0.2) is 42.5 Å². The molecule has 2 aromatic carbocycles. The van der Waals surface area contributed by atoms with Crippen molar-refractivity contribution in [3.63, 3.8) is 0 Å². The van der Waals surface area contributed by atoms with Crippen LogP contribution in [0.1, 0.15) is 44.6 Å². The molecule has 0 spiro atoms. The first kappa shape index (κ1) is 19.6. The van der Waals surface area contributed by atoms with E-state index in [2.05, 4.69) is 36.2 Å². The first-order chi connectivity index (χ1) is 13.1. The first-order valence-corrected chi connectivity index (χ1v) is 10.0. The molecule has 2 aromatic rings. The Morgan fingerprint density at radius 1 is 1.19 bits per heavy atom. The van der Waals surface area contributed by atoms with Crippen LogP contribution >= 0.6 is 11.6 Å². The van der Waals surface area contributed by atoms with Gasteiger partial charge >= 0.3 is 0 Å². The fourth-order valence-electron chi connectivity index (χ4n) is 3.34. The zero-order valence-corrected chi connectivity index (χ0v) is 16.8. The lowest BCUT2D eigenvalue weighted by Crippen LogP contribution is -2.24. The monoisotopic (exact) mass is 386 g/mol. The zero-order valence-electron chi connectivity index (χ0n) is 16.0. The molecule has 0 aromatic heterocycles. The summed E-state index contributed by atoms with van der Waals surface area (Å²) >= 11 is 6.39. The van der Waals surface area contributed by atoms with Crippen LogP contribution in [0.2, 0.25) is 5.02 Å². The Hall–Kier alpha value is -2.20. The summed E-state index contributed by atoms with van der Waals surface area (Å²) in [7, 11) is 0. The average Bonchev–Trinajstić information content (AvgIpc) is 3.20. The summed E-state index contributed by atoms with van der Waals surface area (Å²) in [5, 5.41) is 3.61. The summed E-state index contributed by atoms with van der Waals surface area (Å²) in [6.07, 6.45) is 3.39. The minimum Gasteiger partial charge on any atom is -0.484 e. The average molecular weight is 387 g/mol. The number of nitrogens with one attached hydrogen (secondary N) is 1. The van der Waals surface area contributed by atoms with Gasteiger partial charge < -0.3 is 15.0 Å². The van der Waals surface area contributed by atoms with Crippen molar-refractivity contribution < 1.29 is 9.53 Å². The van der Waals surface area contributed by atoms with Crippen molar-refractivity contribution in [2.75, 3.05) is 29.9 Å². The lowest BCUT2D eigenvalue weighted by Gasteiger charge is -2.23. The van der Waals surface area contributed by atoms with E-state index in [1.54, 1.807) is 0 Å². The molecule has 5 heteroatoms. The quantitative estimate of drug-likeness (QED) is 0.685. The molecule has 0 radical (unpaired) electrons. The van der Waals surface area contributed by atoms with Gasteiger partial charge in [0.05, 0.1) is 16.4 Å². The van der Waals surface area contributed by atoms with Gasteiger partial charge in [0.2, 0.25) is 0 Å². The Labute approximate surface area is 166 Å². The van der Waals surface area contributed by atoms with Crippen LogP contribution in [-0.4, -0.2) is 25.6 Å². The number of halogens is 1. The van der Waals surface area contributed by atoms with Crippen molar-refractivity contribution >= 4 is 28.9 Å². The van der Waals surface area contributed by atoms with E-state index < -0.39 is 0 Å². The van der Waals surface area contributed by atoms with Crippen LogP contribution in [0.3, 0.4) is 0 Å². The summed E-state index contributed by atoms with van der Waals surface area (Å²) in [6.45, 7) is 6.27. The standard InChI is InChI=1S/C22H27ClN2O2/c1-3-16(2)17-9-11-18(12-10-17)27-15-21(26)24-20-8-6-7-19(23)22(20)25-13-4-5-14-25/h6-12,16H,3-5,13-15H2,1-2H3,(H,24,26)/t16-/m0/s1. The number of amides is 1. The van der Waals surface area contributed by atoms with Crippen LogP contribution in [0, 0.1) is 0 Å². The molecule has 0 saturated carbocycles. The molecular formula is C22H27ClN2O2. The number of carbonyl (C=O) groups excluding carboxylic acids is 1. The highest BCUT2D eigenvalue weighted by atomic mass is 35.5. The van der Waals surface area contributed by atoms with Gasteiger partial charge in [0.1, 0.15) is 5.75 Å². The molecule has 4 nitrogen and oxygen atoms in total. The number of anilines is 2. The second kappa shape index (κ2) is 9.14. The normalized spacial score (nSPS) is 14.9. The van der Waals surface area contributed by atoms with Crippen molar-refractivity contribution in [1.82, 2.24) is 0 Å². The molecule has 1 amide bonds. The lowest BCUT2D eigenvalue weighted by atomic mass is 9.99. The summed E-state index contributed by atoms with van der Waals surface area (Å²) < 4.78 is 5.65. The Kier molecular flexibility index (Phi) is 6.62. The Balaban J connectivity index is 1.60. The number of para-hydroxylation sites is 1. The minimum atomic E-state index is -0.191. The number of benzene rings is 2. The predicted octanol–water partition coefficient (Wildman–Crippen LogP) is 5.47. The number of hydrogen-bond donors (Lipinski definition) is 1. The van der Waals surface area contributed by atoms with Gasteiger partial charge in [-0.05, 0) is 55.0 Å². The Bertz CT molecular complexity index is 770. The maximum absolute atomic E-state index is 12.4. The van der Waals surface area contributed by atoms with Crippen molar-refractivity contribution in [2.45, 2.75) is 39.0 Å². The van der Waals surface area contributed by atoms with Gasteiger partial charge in [-0.25, -0.2) is 0 Å². The summed E-state index contributed by atoms with van der Waals surface area (Å²) in [4.78, 5) is 14.6. The smallest absolute Gasteiger partial charge is 0.262 e. The van der Waals surface area contributed by atoms with E-state index in [1.165, 1.54) is 5.56 Å². The largest absolute Gasteiger partial charge is 0.484 e. The van der Waals surface area contributed by atoms with E-state index in [9.17, 15) is 4.79 Å². The van der Waals surface area contributed by atoms with E-state index in [0.717, 1.165) is 43.7 Å². The van der Waals surface area contributed by atoms with Gasteiger partial charge in [0.15, 0.2) is 6.61 Å². The first-order valence-electron chi connectivity index (χ1n) is 9.64. The molecule has 1 heterocycles. The molecule has 1 fully saturated rings. The molecule has 0 aliphatic carbocycles. The van der Waals surface area contributed by atoms with Crippen LogP contribution in [0.4, 0.5) is 11.4 Å². The van der Waals surface area contributed by atoms with Gasteiger partial charge in [-0.3, -0.25) is 4.79 Å². The van der Waals surface area contributed by atoms with Gasteiger partial charge in [0.25, 0.3) is 5.91 Å². The van der Waals surface area contributed by atoms with Crippen molar-refractivity contribution in [3.8, 4) is 5.75 Å². The second-order valence-electron chi connectivity index (χ2n) is 7.05. The van der Waals surface area contributed by atoms with Crippen molar-refractivity contribution in [3.05, 3.63) is 53.1 Å². The van der Waals surface area contributed by atoms with Gasteiger partial charge in [0, 0.05) is 13.1 Å². The van der Waals surface area contributed by atoms with Crippen molar-refractivity contribution in [2.24, 2.45) is 0 Å². The molecule has 1 aliphatic heterocycles. The van der Waals surface area contributed by atoms with Gasteiger partial charge in [-0.15, -0.1) is 0 Å². The van der Waals surface area contributed by atoms with Crippen molar-refractivity contribution in [1.29, 1.82) is 0 Å². The van der Waals surface area contributed by atoms with Crippen LogP contribution in [0.5, 0.6) is 5.75 Å². The number of carbonyl (C=O) groups is 1. The molecular weight excluding hydrogens is 360 g/mol. The van der Waals surface area contributed by atoms with Crippen LogP contribution in [0.25, 0.3) is 0 Å². The highest BCUT2D eigenvalue weighted by Gasteiger charge is 2.19. The lowest BCUT2D eigenvalue weighted by molar-refractivity contribution is -0.118. The Morgan fingerprint density at radius 2 is 1.89 bits per heavy atom. The van der Waals surface area contributed by atoms with E-state index >= 15 is 0 Å². The fraction of sp³-hybridized carbons (Fsp3) is 0.409. The molecule has 1 atom stereocenters. The van der Waals surface area contributed by atoms with E-state index in [0.29, 0.717) is 16.7 Å². The van der Waals surface area contributed by atoms with E-state index in [-0.39, 0.29) is 12.5 Å². The minimum absolute atomic E-state index is 0.0331. The number of rotatable bonds is 7. The summed E-state index contributed by atoms with van der Waals surface area (Å²) in [5.41, 5.74) is 2.93. The maximum Gasteiger partial charge on any atom is 0.262 e. The molecule has 1 aliphatic rings. The van der Waals surface area contributed by atoms with Crippen LogP contribution < -0.4 is 15.0 Å². The molecule has 0 bridgehead atoms. The number of hydrogen-bond acceptors (Lipinski definition) is 3. The third-order valence-electron chi connectivity index (χ3n) is 5.11. The molecule has 27 heavy (non-hydrogen) atoms. The maximum atomic E-state index is 12.4. The van der Waals surface area contributed by atoms with E-state index in [1.807, 2.05) is 30.3 Å². The third-order valence-corrected chi connectivity index (χ3v) is 5.42. The topological polar surface area (TPSA) is 41.6 Å². The van der Waals surface area contributed by atoms with Crippen LogP contribution in [-0.2, 0) is 4.79 Å². The fourth-order valence-corrected chi connectivity index (χ4v) is 3.64. The third kappa shape index (κ3) is 4.95. The molecule has 3 rings (SSSR count).